The molecule has 0 radical (unpaired) electrons. The van der Waals surface area contributed by atoms with Crippen molar-refractivity contribution >= 4 is 27.9 Å². The number of carbonyl (C=O) groups is 1. The molecule has 6 rings (SSSR count). The summed E-state index contributed by atoms with van der Waals surface area (Å²) in [6.45, 7) is 2.00. The summed E-state index contributed by atoms with van der Waals surface area (Å²) in [5.74, 6) is 0.682. The van der Waals surface area contributed by atoms with Gasteiger partial charge in [-0.05, 0) is 55.0 Å². The van der Waals surface area contributed by atoms with E-state index in [9.17, 15) is 4.79 Å². The van der Waals surface area contributed by atoms with Crippen molar-refractivity contribution in [2.45, 2.75) is 6.92 Å². The zero-order valence-corrected chi connectivity index (χ0v) is 19.5. The van der Waals surface area contributed by atoms with Gasteiger partial charge in [-0.3, -0.25) is 9.20 Å². The average molecular weight is 478 g/mol. The van der Waals surface area contributed by atoms with Crippen molar-refractivity contribution in [1.29, 1.82) is 0 Å². The lowest BCUT2D eigenvalue weighted by Gasteiger charge is -2.06. The van der Waals surface area contributed by atoms with E-state index < -0.39 is 0 Å². The molecule has 1 amide bonds. The fourth-order valence-electron chi connectivity index (χ4n) is 3.82. The van der Waals surface area contributed by atoms with E-state index in [1.54, 1.807) is 35.6 Å². The third-order valence-corrected chi connectivity index (χ3v) is 6.50. The van der Waals surface area contributed by atoms with Crippen LogP contribution in [0.25, 0.3) is 39.1 Å². The summed E-state index contributed by atoms with van der Waals surface area (Å²) < 4.78 is 7.86. The fraction of sp³-hybridized carbons (Fsp3) is 0.0370. The summed E-state index contributed by atoms with van der Waals surface area (Å²) >= 11 is 1.59. The van der Waals surface area contributed by atoms with Crippen LogP contribution in [0.4, 0.5) is 5.69 Å². The van der Waals surface area contributed by atoms with Crippen LogP contribution in [0.15, 0.2) is 95.0 Å². The van der Waals surface area contributed by atoms with Crippen LogP contribution < -0.4 is 5.32 Å². The van der Waals surface area contributed by atoms with E-state index in [1.807, 2.05) is 77.6 Å². The molecule has 35 heavy (non-hydrogen) atoms. The lowest BCUT2D eigenvalue weighted by atomic mass is 10.1. The zero-order chi connectivity index (χ0) is 23.8. The Morgan fingerprint density at radius 2 is 1.66 bits per heavy atom. The predicted molar refractivity (Wildman–Crippen MR) is 136 cm³/mol. The molecule has 3 heterocycles. The highest BCUT2D eigenvalue weighted by molar-refractivity contribution is 7.15. The van der Waals surface area contributed by atoms with Gasteiger partial charge in [0.1, 0.15) is 0 Å². The summed E-state index contributed by atoms with van der Waals surface area (Å²) in [4.78, 5) is 18.3. The molecule has 0 unspecified atom stereocenters. The minimum atomic E-state index is -0.196. The molecule has 0 fully saturated rings. The van der Waals surface area contributed by atoms with Crippen LogP contribution in [0, 0.1) is 6.92 Å². The van der Waals surface area contributed by atoms with Crippen LogP contribution >= 0.6 is 11.3 Å². The Balaban J connectivity index is 1.14. The molecule has 1 N–H and O–H groups in total. The maximum absolute atomic E-state index is 12.7. The number of carbonyl (C=O) groups excluding carboxylic acids is 1. The lowest BCUT2D eigenvalue weighted by Crippen LogP contribution is -2.11. The van der Waals surface area contributed by atoms with Crippen LogP contribution in [-0.2, 0) is 0 Å². The minimum absolute atomic E-state index is 0.196. The second-order valence-corrected chi connectivity index (χ2v) is 8.93. The van der Waals surface area contributed by atoms with Gasteiger partial charge in [0, 0.05) is 45.7 Å². The number of thiazole rings is 1. The first-order valence-electron chi connectivity index (χ1n) is 11.0. The third-order valence-electron chi connectivity index (χ3n) is 5.73. The van der Waals surface area contributed by atoms with Crippen molar-refractivity contribution in [3.63, 3.8) is 0 Å². The van der Waals surface area contributed by atoms with E-state index >= 15 is 0 Å². The molecule has 0 atom stereocenters. The Morgan fingerprint density at radius 1 is 0.914 bits per heavy atom. The number of hydrogen-bond acceptors (Lipinski definition) is 6. The lowest BCUT2D eigenvalue weighted by molar-refractivity contribution is 0.102. The molecule has 0 saturated heterocycles. The Morgan fingerprint density at radius 3 is 2.43 bits per heavy atom. The van der Waals surface area contributed by atoms with Gasteiger partial charge in [0.25, 0.3) is 5.91 Å². The topological polar surface area (TPSA) is 85.3 Å². The molecule has 170 valence electrons. The van der Waals surface area contributed by atoms with E-state index in [2.05, 4.69) is 20.5 Å². The third kappa shape index (κ3) is 4.11. The highest BCUT2D eigenvalue weighted by atomic mass is 32.1. The van der Waals surface area contributed by atoms with Gasteiger partial charge in [-0.1, -0.05) is 30.3 Å². The number of nitrogens with zero attached hydrogens (tertiary/aromatic N) is 4. The predicted octanol–water partition coefficient (Wildman–Crippen LogP) is 6.34. The molecule has 0 bridgehead atoms. The molecule has 6 aromatic rings. The first-order chi connectivity index (χ1) is 17.1. The largest absolute Gasteiger partial charge is 0.416 e. The molecule has 3 aromatic heterocycles. The van der Waals surface area contributed by atoms with Crippen molar-refractivity contribution < 1.29 is 9.21 Å². The molecule has 0 aliphatic heterocycles. The van der Waals surface area contributed by atoms with Crippen LogP contribution in [-0.4, -0.2) is 25.5 Å². The first-order valence-corrected chi connectivity index (χ1v) is 11.9. The SMILES string of the molecule is Cc1ccccc1-c1nnc(-c2ccc(C(=O)Nc3ccc(-c4cn5ccsc5n4)cc3)cc2)o1. The zero-order valence-electron chi connectivity index (χ0n) is 18.7. The van der Waals surface area contributed by atoms with Gasteiger partial charge in [-0.2, -0.15) is 0 Å². The van der Waals surface area contributed by atoms with Gasteiger partial charge in [0.05, 0.1) is 5.69 Å². The fourth-order valence-corrected chi connectivity index (χ4v) is 4.52. The van der Waals surface area contributed by atoms with E-state index in [-0.39, 0.29) is 5.91 Å². The number of imidazole rings is 1. The van der Waals surface area contributed by atoms with Gasteiger partial charge in [0.15, 0.2) is 4.96 Å². The maximum Gasteiger partial charge on any atom is 0.255 e. The number of amides is 1. The monoisotopic (exact) mass is 477 g/mol. The van der Waals surface area contributed by atoms with Gasteiger partial charge >= 0.3 is 0 Å². The van der Waals surface area contributed by atoms with Crippen molar-refractivity contribution in [3.8, 4) is 34.2 Å². The maximum atomic E-state index is 12.7. The quantitative estimate of drug-likeness (QED) is 0.313. The molecule has 3 aromatic carbocycles. The number of rotatable bonds is 5. The highest BCUT2D eigenvalue weighted by Gasteiger charge is 2.13. The second-order valence-electron chi connectivity index (χ2n) is 8.06. The molecule has 0 saturated carbocycles. The summed E-state index contributed by atoms with van der Waals surface area (Å²) in [7, 11) is 0. The van der Waals surface area contributed by atoms with Crippen LogP contribution in [0.5, 0.6) is 0 Å². The molecular weight excluding hydrogens is 458 g/mol. The standard InChI is InChI=1S/C27H19N5O2S/c1-17-4-2-3-5-22(17)26-31-30-25(34-26)20-8-6-19(7-9-20)24(33)28-21-12-10-18(11-13-21)23-16-32-14-15-35-27(32)29-23/h2-16H,1H3,(H,28,33). The molecular formula is C27H19N5O2S. The number of anilines is 1. The normalized spacial score (nSPS) is 11.1. The summed E-state index contributed by atoms with van der Waals surface area (Å²) in [5.41, 5.74) is 5.85. The van der Waals surface area contributed by atoms with E-state index in [0.29, 0.717) is 23.0 Å². The van der Waals surface area contributed by atoms with Crippen LogP contribution in [0.1, 0.15) is 15.9 Å². The number of aryl methyl sites for hydroxylation is 1. The summed E-state index contributed by atoms with van der Waals surface area (Å²) in [5, 5.41) is 13.3. The van der Waals surface area contributed by atoms with E-state index in [1.165, 1.54) is 0 Å². The summed E-state index contributed by atoms with van der Waals surface area (Å²) in [6.07, 6.45) is 3.98. The number of benzene rings is 3. The molecule has 8 heteroatoms. The Kier molecular flexibility index (Phi) is 5.20. The van der Waals surface area contributed by atoms with Crippen molar-refractivity contribution in [3.05, 3.63) is 102 Å². The average Bonchev–Trinajstić information content (AvgIpc) is 3.62. The van der Waals surface area contributed by atoms with Gasteiger partial charge in [-0.15, -0.1) is 21.5 Å². The molecule has 0 aliphatic rings. The van der Waals surface area contributed by atoms with Gasteiger partial charge in [0.2, 0.25) is 11.8 Å². The molecule has 0 spiro atoms. The number of aromatic nitrogens is 4. The van der Waals surface area contributed by atoms with Gasteiger partial charge in [-0.25, -0.2) is 4.98 Å². The van der Waals surface area contributed by atoms with Crippen molar-refractivity contribution in [1.82, 2.24) is 19.6 Å². The number of nitrogens with one attached hydrogen (secondary N) is 1. The Hall–Kier alpha value is -4.56. The van der Waals surface area contributed by atoms with Crippen molar-refractivity contribution in [2.24, 2.45) is 0 Å². The van der Waals surface area contributed by atoms with Gasteiger partial charge < -0.3 is 9.73 Å². The second kappa shape index (κ2) is 8.66. The minimum Gasteiger partial charge on any atom is -0.416 e. The molecule has 0 aliphatic carbocycles. The van der Waals surface area contributed by atoms with E-state index in [4.69, 9.17) is 4.42 Å². The van der Waals surface area contributed by atoms with Crippen molar-refractivity contribution in [2.75, 3.05) is 5.32 Å². The van der Waals surface area contributed by atoms with E-state index in [0.717, 1.165) is 32.9 Å². The van der Waals surface area contributed by atoms with Crippen LogP contribution in [0.3, 0.4) is 0 Å². The Labute approximate surface area is 204 Å². The highest BCUT2D eigenvalue weighted by Crippen LogP contribution is 2.27. The number of fused-ring (bicyclic) bond motifs is 1. The Bertz CT molecular complexity index is 1620. The van der Waals surface area contributed by atoms with Crippen LogP contribution in [0.2, 0.25) is 0 Å². The summed E-state index contributed by atoms with van der Waals surface area (Å²) in [6, 6.07) is 22.6. The smallest absolute Gasteiger partial charge is 0.255 e. The molecule has 7 nitrogen and oxygen atoms in total. The first kappa shape index (κ1) is 21.0. The number of hydrogen-bond donors (Lipinski definition) is 1.